The minimum atomic E-state index is -3.53. The Labute approximate surface area is 183 Å². The lowest BCUT2D eigenvalue weighted by Gasteiger charge is -2.34. The maximum absolute atomic E-state index is 13.2. The van der Waals surface area contributed by atoms with Crippen LogP contribution in [-0.2, 0) is 20.5 Å². The number of nitrogens with zero attached hydrogens (tertiary/aromatic N) is 4. The van der Waals surface area contributed by atoms with Gasteiger partial charge in [0, 0.05) is 25.8 Å². The van der Waals surface area contributed by atoms with Crippen molar-refractivity contribution in [3.8, 4) is 0 Å². The van der Waals surface area contributed by atoms with Crippen LogP contribution in [0.1, 0.15) is 52.7 Å². The molecule has 31 heavy (non-hydrogen) atoms. The van der Waals surface area contributed by atoms with Gasteiger partial charge in [-0.05, 0) is 25.3 Å². The Morgan fingerprint density at radius 2 is 1.87 bits per heavy atom. The Hall–Kier alpha value is -2.36. The first kappa shape index (κ1) is 21.9. The lowest BCUT2D eigenvalue weighted by atomic mass is 10.0. The molecule has 1 amide bonds. The van der Waals surface area contributed by atoms with Crippen LogP contribution in [0.2, 0.25) is 0 Å². The second-order valence-corrected chi connectivity index (χ2v) is 9.92. The van der Waals surface area contributed by atoms with Crippen LogP contribution in [0, 0.1) is 6.92 Å². The number of carbonyl (C=O) groups is 1. The average molecular weight is 445 g/mol. The SMILES string of the molecule is Cc1nc(C2CCCCN2S(=O)(=O)Cc2ccccc2)ncc1C(=O)N1CCOCC1. The third-order valence-corrected chi connectivity index (χ3v) is 7.68. The van der Waals surface area contributed by atoms with Crippen LogP contribution in [-0.4, -0.2) is 66.3 Å². The van der Waals surface area contributed by atoms with Crippen molar-refractivity contribution in [3.63, 3.8) is 0 Å². The van der Waals surface area contributed by atoms with E-state index in [0.717, 1.165) is 18.4 Å². The Morgan fingerprint density at radius 3 is 2.58 bits per heavy atom. The standard InChI is InChI=1S/C22H28N4O4S/c1-17-19(22(27)25-11-13-30-14-12-25)15-23-21(24-17)20-9-5-6-10-26(20)31(28,29)16-18-7-3-2-4-8-18/h2-4,7-8,15,20H,5-6,9-14,16H2,1H3. The molecule has 166 valence electrons. The molecule has 2 fully saturated rings. The monoisotopic (exact) mass is 444 g/mol. The number of aryl methyl sites for hydroxylation is 1. The average Bonchev–Trinajstić information content (AvgIpc) is 2.79. The van der Waals surface area contributed by atoms with Gasteiger partial charge >= 0.3 is 0 Å². The van der Waals surface area contributed by atoms with Crippen LogP contribution in [0.3, 0.4) is 0 Å². The molecular formula is C22H28N4O4S. The molecule has 9 heteroatoms. The van der Waals surface area contributed by atoms with E-state index in [2.05, 4.69) is 9.97 Å². The van der Waals surface area contributed by atoms with Gasteiger partial charge in [-0.2, -0.15) is 4.31 Å². The number of ether oxygens (including phenoxy) is 1. The summed E-state index contributed by atoms with van der Waals surface area (Å²) in [6.45, 7) is 4.39. The quantitative estimate of drug-likeness (QED) is 0.703. The second kappa shape index (κ2) is 9.42. The fourth-order valence-corrected chi connectivity index (χ4v) is 5.93. The third kappa shape index (κ3) is 4.94. The van der Waals surface area contributed by atoms with Crippen molar-refractivity contribution in [2.45, 2.75) is 38.0 Å². The number of morpholine rings is 1. The van der Waals surface area contributed by atoms with Gasteiger partial charge in [-0.15, -0.1) is 0 Å². The highest BCUT2D eigenvalue weighted by Gasteiger charge is 2.35. The molecule has 0 bridgehead atoms. The number of benzene rings is 1. The van der Waals surface area contributed by atoms with Gasteiger partial charge < -0.3 is 9.64 Å². The summed E-state index contributed by atoms with van der Waals surface area (Å²) < 4.78 is 33.3. The van der Waals surface area contributed by atoms with Gasteiger partial charge in [-0.1, -0.05) is 36.8 Å². The van der Waals surface area contributed by atoms with Crippen LogP contribution in [0.25, 0.3) is 0 Å². The normalized spacial score (nSPS) is 20.5. The topological polar surface area (TPSA) is 92.7 Å². The molecule has 1 unspecified atom stereocenters. The summed E-state index contributed by atoms with van der Waals surface area (Å²) >= 11 is 0. The van der Waals surface area contributed by atoms with E-state index in [0.29, 0.717) is 56.4 Å². The van der Waals surface area contributed by atoms with Gasteiger partial charge in [0.25, 0.3) is 5.91 Å². The van der Waals surface area contributed by atoms with Gasteiger partial charge in [0.2, 0.25) is 10.0 Å². The van der Waals surface area contributed by atoms with Crippen molar-refractivity contribution in [2.75, 3.05) is 32.8 Å². The summed E-state index contributed by atoms with van der Waals surface area (Å²) in [6, 6.07) is 8.79. The van der Waals surface area contributed by atoms with Gasteiger partial charge in [-0.25, -0.2) is 18.4 Å². The molecule has 0 radical (unpaired) electrons. The zero-order valence-corrected chi connectivity index (χ0v) is 18.6. The van der Waals surface area contributed by atoms with Crippen molar-refractivity contribution < 1.29 is 17.9 Å². The predicted octanol–water partition coefficient (Wildman–Crippen LogP) is 2.31. The number of carbonyl (C=O) groups excluding carboxylic acids is 1. The lowest BCUT2D eigenvalue weighted by Crippen LogP contribution is -2.41. The third-order valence-electron chi connectivity index (χ3n) is 5.83. The van der Waals surface area contributed by atoms with E-state index in [4.69, 9.17) is 4.74 Å². The van der Waals surface area contributed by atoms with Gasteiger partial charge in [0.05, 0.1) is 36.3 Å². The van der Waals surface area contributed by atoms with E-state index >= 15 is 0 Å². The largest absolute Gasteiger partial charge is 0.378 e. The van der Waals surface area contributed by atoms with Crippen molar-refractivity contribution in [2.24, 2.45) is 0 Å². The first-order valence-corrected chi connectivity index (χ1v) is 12.3. The molecule has 0 N–H and O–H groups in total. The molecule has 0 saturated carbocycles. The smallest absolute Gasteiger partial charge is 0.257 e. The van der Waals surface area contributed by atoms with Gasteiger partial charge in [0.1, 0.15) is 5.82 Å². The molecule has 2 aliphatic rings. The molecule has 2 aliphatic heterocycles. The molecule has 0 spiro atoms. The van der Waals surface area contributed by atoms with Crippen LogP contribution in [0.5, 0.6) is 0 Å². The fourth-order valence-electron chi connectivity index (χ4n) is 4.16. The van der Waals surface area contributed by atoms with E-state index in [-0.39, 0.29) is 11.7 Å². The molecule has 8 nitrogen and oxygen atoms in total. The summed E-state index contributed by atoms with van der Waals surface area (Å²) in [5.74, 6) is 0.314. The van der Waals surface area contributed by atoms with Crippen molar-refractivity contribution in [3.05, 3.63) is 59.2 Å². The van der Waals surface area contributed by atoms with Crippen LogP contribution in [0.4, 0.5) is 0 Å². The molecule has 3 heterocycles. The molecule has 1 atom stereocenters. The fraction of sp³-hybridized carbons (Fsp3) is 0.500. The summed E-state index contributed by atoms with van der Waals surface area (Å²) in [5, 5.41) is 0. The molecule has 1 aromatic heterocycles. The maximum atomic E-state index is 13.2. The lowest BCUT2D eigenvalue weighted by molar-refractivity contribution is 0.0301. The number of aromatic nitrogens is 2. The number of piperidine rings is 1. The zero-order chi connectivity index (χ0) is 21.8. The van der Waals surface area contributed by atoms with E-state index in [1.165, 1.54) is 0 Å². The summed E-state index contributed by atoms with van der Waals surface area (Å²) in [6.07, 6.45) is 3.95. The Morgan fingerprint density at radius 1 is 1.13 bits per heavy atom. The van der Waals surface area contributed by atoms with E-state index in [9.17, 15) is 13.2 Å². The zero-order valence-electron chi connectivity index (χ0n) is 17.7. The summed E-state index contributed by atoms with van der Waals surface area (Å²) in [7, 11) is -3.53. The summed E-state index contributed by atoms with van der Waals surface area (Å²) in [5.41, 5.74) is 1.79. The first-order chi connectivity index (χ1) is 15.0. The van der Waals surface area contributed by atoms with Crippen molar-refractivity contribution in [1.82, 2.24) is 19.2 Å². The number of hydrogen-bond donors (Lipinski definition) is 0. The molecule has 0 aliphatic carbocycles. The number of sulfonamides is 1. The van der Waals surface area contributed by atoms with Crippen LogP contribution < -0.4 is 0 Å². The highest BCUT2D eigenvalue weighted by Crippen LogP contribution is 2.32. The Balaban J connectivity index is 1.56. The highest BCUT2D eigenvalue weighted by molar-refractivity contribution is 7.88. The van der Waals surface area contributed by atoms with Crippen LogP contribution >= 0.6 is 0 Å². The molecule has 4 rings (SSSR count). The Kier molecular flexibility index (Phi) is 6.64. The van der Waals surface area contributed by atoms with Gasteiger partial charge in [-0.3, -0.25) is 4.79 Å². The minimum absolute atomic E-state index is 0.0447. The second-order valence-electron chi connectivity index (χ2n) is 8.00. The number of amides is 1. The van der Waals surface area contributed by atoms with Gasteiger partial charge in [0.15, 0.2) is 0 Å². The Bertz CT molecular complexity index is 1020. The number of rotatable bonds is 5. The predicted molar refractivity (Wildman–Crippen MR) is 116 cm³/mol. The van der Waals surface area contributed by atoms with Crippen molar-refractivity contribution in [1.29, 1.82) is 0 Å². The highest BCUT2D eigenvalue weighted by atomic mass is 32.2. The first-order valence-electron chi connectivity index (χ1n) is 10.7. The van der Waals surface area contributed by atoms with E-state index in [1.807, 2.05) is 30.3 Å². The van der Waals surface area contributed by atoms with E-state index in [1.54, 1.807) is 22.3 Å². The van der Waals surface area contributed by atoms with Crippen molar-refractivity contribution >= 4 is 15.9 Å². The van der Waals surface area contributed by atoms with E-state index < -0.39 is 16.1 Å². The molecule has 2 saturated heterocycles. The molecular weight excluding hydrogens is 416 g/mol. The summed E-state index contributed by atoms with van der Waals surface area (Å²) in [4.78, 5) is 23.6. The maximum Gasteiger partial charge on any atom is 0.257 e. The van der Waals surface area contributed by atoms with Crippen LogP contribution in [0.15, 0.2) is 36.5 Å². The number of hydrogen-bond acceptors (Lipinski definition) is 6. The molecule has 1 aromatic carbocycles. The minimum Gasteiger partial charge on any atom is -0.378 e. The molecule has 2 aromatic rings.